The Morgan fingerprint density at radius 2 is 1.81 bits per heavy atom. The predicted molar refractivity (Wildman–Crippen MR) is 91.8 cm³/mol. The third kappa shape index (κ3) is 4.82. The molecule has 0 spiro atoms. The van der Waals surface area contributed by atoms with Crippen molar-refractivity contribution in [1.29, 1.82) is 0 Å². The molecule has 0 saturated heterocycles. The van der Waals surface area contributed by atoms with Crippen molar-refractivity contribution in [1.82, 2.24) is 10.2 Å². The maximum atomic E-state index is 3.39. The molecule has 0 bridgehead atoms. The second-order valence-corrected chi connectivity index (χ2v) is 7.16. The van der Waals surface area contributed by atoms with Crippen LogP contribution in [-0.2, 0) is 5.41 Å². The lowest BCUT2D eigenvalue weighted by Crippen LogP contribution is -2.44. The Hall–Kier alpha value is -0.860. The Bertz CT molecular complexity index is 397. The van der Waals surface area contributed by atoms with E-state index in [9.17, 15) is 0 Å². The van der Waals surface area contributed by atoms with E-state index in [0.29, 0.717) is 0 Å². The number of hydrogen-bond acceptors (Lipinski definition) is 2. The van der Waals surface area contributed by atoms with Gasteiger partial charge in [-0.25, -0.2) is 0 Å². The standard InChI is InChI=1S/C19H32N2/c1-19(15-20-2,18-12-8-5-9-13-18)16-21(3)14-17-10-6-4-7-11-17/h5,8-9,12-13,17,20H,4,6-7,10-11,14-16H2,1-3H3. The maximum Gasteiger partial charge on any atom is 0.0176 e. The van der Waals surface area contributed by atoms with E-state index in [1.165, 1.54) is 44.2 Å². The van der Waals surface area contributed by atoms with Crippen LogP contribution in [-0.4, -0.2) is 38.6 Å². The quantitative estimate of drug-likeness (QED) is 0.823. The molecule has 1 aliphatic carbocycles. The van der Waals surface area contributed by atoms with Gasteiger partial charge in [-0.3, -0.25) is 0 Å². The van der Waals surface area contributed by atoms with Gasteiger partial charge in [0.25, 0.3) is 0 Å². The first-order valence-corrected chi connectivity index (χ1v) is 8.53. The molecule has 1 N–H and O–H groups in total. The van der Waals surface area contributed by atoms with Crippen LogP contribution in [0.1, 0.15) is 44.6 Å². The molecule has 1 saturated carbocycles. The van der Waals surface area contributed by atoms with Crippen molar-refractivity contribution < 1.29 is 0 Å². The van der Waals surface area contributed by atoms with Crippen molar-refractivity contribution in [2.24, 2.45) is 5.92 Å². The lowest BCUT2D eigenvalue weighted by molar-refractivity contribution is 0.196. The van der Waals surface area contributed by atoms with Crippen molar-refractivity contribution in [2.75, 3.05) is 33.7 Å². The summed E-state index contributed by atoms with van der Waals surface area (Å²) in [5, 5.41) is 3.39. The Morgan fingerprint density at radius 3 is 2.43 bits per heavy atom. The van der Waals surface area contributed by atoms with Crippen LogP contribution in [0.25, 0.3) is 0 Å². The zero-order chi connectivity index (χ0) is 15.1. The van der Waals surface area contributed by atoms with Gasteiger partial charge in [-0.1, -0.05) is 56.5 Å². The molecule has 1 aromatic carbocycles. The number of nitrogens with one attached hydrogen (secondary N) is 1. The third-order valence-corrected chi connectivity index (χ3v) is 4.95. The summed E-state index contributed by atoms with van der Waals surface area (Å²) in [7, 11) is 4.35. The van der Waals surface area contributed by atoms with Crippen molar-refractivity contribution in [3.8, 4) is 0 Å². The van der Waals surface area contributed by atoms with Gasteiger partial charge in [-0.2, -0.15) is 0 Å². The van der Waals surface area contributed by atoms with Gasteiger partial charge in [-0.05, 0) is 38.4 Å². The van der Waals surface area contributed by atoms with Crippen LogP contribution in [0, 0.1) is 5.92 Å². The Labute approximate surface area is 130 Å². The zero-order valence-electron chi connectivity index (χ0n) is 14.1. The number of nitrogens with zero attached hydrogens (tertiary/aromatic N) is 1. The molecule has 2 rings (SSSR count). The van der Waals surface area contributed by atoms with Crippen LogP contribution in [0.15, 0.2) is 30.3 Å². The molecule has 2 nitrogen and oxygen atoms in total. The molecule has 1 aliphatic rings. The summed E-state index contributed by atoms with van der Waals surface area (Å²) < 4.78 is 0. The third-order valence-electron chi connectivity index (χ3n) is 4.95. The molecule has 2 heteroatoms. The highest BCUT2D eigenvalue weighted by molar-refractivity contribution is 5.25. The van der Waals surface area contributed by atoms with E-state index in [1.54, 1.807) is 0 Å². The van der Waals surface area contributed by atoms with Gasteiger partial charge >= 0.3 is 0 Å². The average Bonchev–Trinajstić information content (AvgIpc) is 2.49. The van der Waals surface area contributed by atoms with Crippen molar-refractivity contribution in [3.63, 3.8) is 0 Å². The van der Waals surface area contributed by atoms with E-state index in [2.05, 4.69) is 61.6 Å². The second kappa shape index (κ2) is 7.95. The summed E-state index contributed by atoms with van der Waals surface area (Å²) in [6, 6.07) is 11.0. The van der Waals surface area contributed by atoms with Crippen LogP contribution in [0.3, 0.4) is 0 Å². The SMILES string of the molecule is CNCC(C)(CN(C)CC1CCCCC1)c1ccccc1. The van der Waals surface area contributed by atoms with E-state index in [0.717, 1.165) is 19.0 Å². The van der Waals surface area contributed by atoms with E-state index in [1.807, 2.05) is 0 Å². The van der Waals surface area contributed by atoms with Crippen LogP contribution in [0.4, 0.5) is 0 Å². The van der Waals surface area contributed by atoms with Gasteiger partial charge in [0.15, 0.2) is 0 Å². The van der Waals surface area contributed by atoms with Gasteiger partial charge in [0.1, 0.15) is 0 Å². The van der Waals surface area contributed by atoms with Crippen LogP contribution in [0.2, 0.25) is 0 Å². The van der Waals surface area contributed by atoms with Crippen molar-refractivity contribution in [3.05, 3.63) is 35.9 Å². The van der Waals surface area contributed by atoms with Gasteiger partial charge < -0.3 is 10.2 Å². The Morgan fingerprint density at radius 1 is 1.14 bits per heavy atom. The van der Waals surface area contributed by atoms with E-state index in [4.69, 9.17) is 0 Å². The number of rotatable bonds is 7. The van der Waals surface area contributed by atoms with Crippen molar-refractivity contribution >= 4 is 0 Å². The molecule has 1 fully saturated rings. The average molecular weight is 288 g/mol. The second-order valence-electron chi connectivity index (χ2n) is 7.16. The molecule has 1 atom stereocenters. The van der Waals surface area contributed by atoms with E-state index >= 15 is 0 Å². The fourth-order valence-corrected chi connectivity index (χ4v) is 3.95. The highest BCUT2D eigenvalue weighted by Crippen LogP contribution is 2.27. The fourth-order valence-electron chi connectivity index (χ4n) is 3.95. The topological polar surface area (TPSA) is 15.3 Å². The lowest BCUT2D eigenvalue weighted by atomic mass is 9.81. The molecule has 21 heavy (non-hydrogen) atoms. The molecule has 0 heterocycles. The molecule has 0 amide bonds. The van der Waals surface area contributed by atoms with Gasteiger partial charge in [-0.15, -0.1) is 0 Å². The predicted octanol–water partition coefficient (Wildman–Crippen LogP) is 3.68. The van der Waals surface area contributed by atoms with E-state index in [-0.39, 0.29) is 5.41 Å². The lowest BCUT2D eigenvalue weighted by Gasteiger charge is -2.36. The van der Waals surface area contributed by atoms with Gasteiger partial charge in [0.05, 0.1) is 0 Å². The fraction of sp³-hybridized carbons (Fsp3) is 0.684. The van der Waals surface area contributed by atoms with Crippen LogP contribution < -0.4 is 5.32 Å². The molecular weight excluding hydrogens is 256 g/mol. The monoisotopic (exact) mass is 288 g/mol. The molecule has 0 aromatic heterocycles. The number of hydrogen-bond donors (Lipinski definition) is 1. The Balaban J connectivity index is 1.98. The first kappa shape index (κ1) is 16.5. The highest BCUT2D eigenvalue weighted by atomic mass is 15.1. The summed E-state index contributed by atoms with van der Waals surface area (Å²) in [4.78, 5) is 2.56. The molecule has 1 aromatic rings. The molecule has 118 valence electrons. The molecule has 1 unspecified atom stereocenters. The van der Waals surface area contributed by atoms with Gasteiger partial charge in [0, 0.05) is 25.0 Å². The molecule has 0 radical (unpaired) electrons. The summed E-state index contributed by atoms with van der Waals surface area (Å²) >= 11 is 0. The summed E-state index contributed by atoms with van der Waals surface area (Å²) in [6.07, 6.45) is 7.18. The molecule has 0 aliphatic heterocycles. The number of likely N-dealkylation sites (N-methyl/N-ethyl adjacent to an activating group) is 2. The molecular formula is C19H32N2. The minimum Gasteiger partial charge on any atom is -0.319 e. The summed E-state index contributed by atoms with van der Waals surface area (Å²) in [5.41, 5.74) is 1.62. The minimum atomic E-state index is 0.180. The largest absolute Gasteiger partial charge is 0.319 e. The number of benzene rings is 1. The normalized spacial score (nSPS) is 19.6. The minimum absolute atomic E-state index is 0.180. The smallest absolute Gasteiger partial charge is 0.0176 e. The first-order valence-electron chi connectivity index (χ1n) is 8.53. The van der Waals surface area contributed by atoms with Crippen LogP contribution >= 0.6 is 0 Å². The maximum absolute atomic E-state index is 3.39. The Kier molecular flexibility index (Phi) is 6.25. The first-order chi connectivity index (χ1) is 10.1. The van der Waals surface area contributed by atoms with Crippen LogP contribution in [0.5, 0.6) is 0 Å². The zero-order valence-corrected chi connectivity index (χ0v) is 14.1. The highest BCUT2D eigenvalue weighted by Gasteiger charge is 2.28. The van der Waals surface area contributed by atoms with Crippen molar-refractivity contribution in [2.45, 2.75) is 44.4 Å². The summed E-state index contributed by atoms with van der Waals surface area (Å²) in [5.74, 6) is 0.915. The van der Waals surface area contributed by atoms with Gasteiger partial charge in [0.2, 0.25) is 0 Å². The summed E-state index contributed by atoms with van der Waals surface area (Å²) in [6.45, 7) is 5.78. The van der Waals surface area contributed by atoms with E-state index < -0.39 is 0 Å².